The Bertz CT molecular complexity index is 231. The number of nitriles is 1. The van der Waals surface area contributed by atoms with Gasteiger partial charge >= 0.3 is 5.97 Å². The van der Waals surface area contributed by atoms with E-state index in [0.29, 0.717) is 6.42 Å². The second kappa shape index (κ2) is 3.14. The Morgan fingerprint density at radius 2 is 2.50 bits per heavy atom. The fourth-order valence-electron chi connectivity index (χ4n) is 1.58. The summed E-state index contributed by atoms with van der Waals surface area (Å²) in [5.74, 6) is -0.828. The maximum Gasteiger partial charge on any atom is 0.324 e. The molecule has 0 aromatic rings. The van der Waals surface area contributed by atoms with E-state index in [0.717, 1.165) is 19.3 Å². The fraction of sp³-hybridized carbons (Fsp3) is 0.778. The van der Waals surface area contributed by atoms with Gasteiger partial charge in [-0.05, 0) is 18.8 Å². The second-order valence-electron chi connectivity index (χ2n) is 3.43. The highest BCUT2D eigenvalue weighted by Gasteiger charge is 2.60. The van der Waals surface area contributed by atoms with Crippen molar-refractivity contribution in [2.75, 3.05) is 0 Å². The van der Waals surface area contributed by atoms with Crippen LogP contribution >= 0.6 is 0 Å². The van der Waals surface area contributed by atoms with Gasteiger partial charge in [0.15, 0.2) is 5.41 Å². The largest absolute Gasteiger partial charge is 0.480 e. The molecule has 0 radical (unpaired) electrons. The van der Waals surface area contributed by atoms with Crippen LogP contribution in [-0.4, -0.2) is 11.1 Å². The Balaban J connectivity index is 2.46. The molecule has 0 heterocycles. The lowest BCUT2D eigenvalue weighted by Gasteiger charge is -2.00. The van der Waals surface area contributed by atoms with E-state index in [1.807, 2.05) is 6.07 Å². The molecule has 66 valence electrons. The summed E-state index contributed by atoms with van der Waals surface area (Å²) in [7, 11) is 0. The molecule has 0 aromatic carbocycles. The first kappa shape index (κ1) is 9.05. The van der Waals surface area contributed by atoms with Gasteiger partial charge in [0.25, 0.3) is 0 Å². The molecule has 1 aliphatic rings. The first-order valence-electron chi connectivity index (χ1n) is 4.32. The van der Waals surface area contributed by atoms with Gasteiger partial charge in [0.1, 0.15) is 0 Å². The van der Waals surface area contributed by atoms with Crippen molar-refractivity contribution in [3.63, 3.8) is 0 Å². The predicted octanol–water partition coefficient (Wildman–Crippen LogP) is 1.79. The SMILES string of the molecule is CCCCC1CC1(C#N)C(=O)O. The molecule has 2 unspecified atom stereocenters. The maximum atomic E-state index is 10.7. The Hall–Kier alpha value is -1.04. The summed E-state index contributed by atoms with van der Waals surface area (Å²) >= 11 is 0. The molecular formula is C9H13NO2. The Labute approximate surface area is 72.0 Å². The lowest BCUT2D eigenvalue weighted by Crippen LogP contribution is -2.15. The van der Waals surface area contributed by atoms with Crippen molar-refractivity contribution < 1.29 is 9.90 Å². The second-order valence-corrected chi connectivity index (χ2v) is 3.43. The number of carboxylic acids is 1. The molecule has 0 saturated heterocycles. The number of aliphatic carboxylic acids is 1. The highest BCUT2D eigenvalue weighted by Crippen LogP contribution is 2.54. The number of nitrogens with zero attached hydrogens (tertiary/aromatic N) is 1. The van der Waals surface area contributed by atoms with Gasteiger partial charge in [0.05, 0.1) is 6.07 Å². The minimum atomic E-state index is -1.02. The monoisotopic (exact) mass is 167 g/mol. The van der Waals surface area contributed by atoms with Crippen molar-refractivity contribution in [2.45, 2.75) is 32.6 Å². The molecule has 12 heavy (non-hydrogen) atoms. The zero-order chi connectivity index (χ0) is 9.19. The Morgan fingerprint density at radius 3 is 2.83 bits per heavy atom. The van der Waals surface area contributed by atoms with Gasteiger partial charge in [-0.25, -0.2) is 0 Å². The number of hydrogen-bond donors (Lipinski definition) is 1. The summed E-state index contributed by atoms with van der Waals surface area (Å²) < 4.78 is 0. The van der Waals surface area contributed by atoms with Crippen LogP contribution < -0.4 is 0 Å². The van der Waals surface area contributed by atoms with Gasteiger partial charge in [0.2, 0.25) is 0 Å². The number of carboxylic acid groups (broad SMARTS) is 1. The molecule has 0 aromatic heterocycles. The van der Waals surface area contributed by atoms with Crippen LogP contribution in [0.25, 0.3) is 0 Å². The van der Waals surface area contributed by atoms with Gasteiger partial charge in [-0.15, -0.1) is 0 Å². The fourth-order valence-corrected chi connectivity index (χ4v) is 1.58. The molecule has 0 bridgehead atoms. The number of carbonyl (C=O) groups is 1. The van der Waals surface area contributed by atoms with Gasteiger partial charge in [-0.2, -0.15) is 5.26 Å². The number of hydrogen-bond acceptors (Lipinski definition) is 2. The van der Waals surface area contributed by atoms with Crippen molar-refractivity contribution in [3.05, 3.63) is 0 Å². The van der Waals surface area contributed by atoms with Gasteiger partial charge in [0, 0.05) is 0 Å². The maximum absolute atomic E-state index is 10.7. The zero-order valence-corrected chi connectivity index (χ0v) is 7.21. The number of rotatable bonds is 4. The van der Waals surface area contributed by atoms with Crippen molar-refractivity contribution in [3.8, 4) is 6.07 Å². The smallest absolute Gasteiger partial charge is 0.324 e. The van der Waals surface area contributed by atoms with E-state index in [4.69, 9.17) is 10.4 Å². The van der Waals surface area contributed by atoms with Crippen LogP contribution in [0.5, 0.6) is 0 Å². The van der Waals surface area contributed by atoms with Crippen LogP contribution in [0.1, 0.15) is 32.6 Å². The summed E-state index contributed by atoms with van der Waals surface area (Å²) in [4.78, 5) is 10.7. The van der Waals surface area contributed by atoms with E-state index in [-0.39, 0.29) is 5.92 Å². The molecule has 1 aliphatic carbocycles. The Kier molecular flexibility index (Phi) is 2.37. The van der Waals surface area contributed by atoms with Gasteiger partial charge < -0.3 is 5.11 Å². The normalized spacial score (nSPS) is 32.5. The third-order valence-electron chi connectivity index (χ3n) is 2.59. The summed E-state index contributed by atoms with van der Waals surface area (Å²) in [6.07, 6.45) is 3.54. The lowest BCUT2D eigenvalue weighted by atomic mass is 10.0. The molecule has 1 fully saturated rings. The van der Waals surface area contributed by atoms with Crippen molar-refractivity contribution in [1.82, 2.24) is 0 Å². The molecule has 3 heteroatoms. The van der Waals surface area contributed by atoms with Crippen molar-refractivity contribution in [2.24, 2.45) is 11.3 Å². The minimum Gasteiger partial charge on any atom is -0.480 e. The molecular weight excluding hydrogens is 154 g/mol. The van der Waals surface area contributed by atoms with Gasteiger partial charge in [-0.3, -0.25) is 4.79 Å². The molecule has 0 spiro atoms. The first-order chi connectivity index (χ1) is 5.67. The number of unbranched alkanes of at least 4 members (excludes halogenated alkanes) is 1. The van der Waals surface area contributed by atoms with Crippen LogP contribution in [0, 0.1) is 22.7 Å². The summed E-state index contributed by atoms with van der Waals surface area (Å²) in [5, 5.41) is 17.4. The molecule has 0 aliphatic heterocycles. The van der Waals surface area contributed by atoms with Crippen LogP contribution in [0.2, 0.25) is 0 Å². The van der Waals surface area contributed by atoms with Crippen LogP contribution in [0.3, 0.4) is 0 Å². The highest BCUT2D eigenvalue weighted by molar-refractivity contribution is 5.82. The van der Waals surface area contributed by atoms with E-state index in [1.165, 1.54) is 0 Å². The molecule has 1 saturated carbocycles. The average molecular weight is 167 g/mol. The van der Waals surface area contributed by atoms with E-state index in [1.54, 1.807) is 0 Å². The minimum absolute atomic E-state index is 0.111. The predicted molar refractivity (Wildman–Crippen MR) is 43.3 cm³/mol. The van der Waals surface area contributed by atoms with Gasteiger partial charge in [-0.1, -0.05) is 19.8 Å². The zero-order valence-electron chi connectivity index (χ0n) is 7.21. The first-order valence-corrected chi connectivity index (χ1v) is 4.32. The molecule has 0 amide bonds. The third kappa shape index (κ3) is 1.29. The summed E-state index contributed by atoms with van der Waals surface area (Å²) in [6, 6.07) is 1.91. The van der Waals surface area contributed by atoms with E-state index in [9.17, 15) is 4.79 Å². The molecule has 2 atom stereocenters. The topological polar surface area (TPSA) is 61.1 Å². The average Bonchev–Trinajstić information content (AvgIpc) is 2.76. The molecule has 1 rings (SSSR count). The van der Waals surface area contributed by atoms with Crippen molar-refractivity contribution >= 4 is 5.97 Å². The van der Waals surface area contributed by atoms with E-state index < -0.39 is 11.4 Å². The van der Waals surface area contributed by atoms with E-state index in [2.05, 4.69) is 6.92 Å². The molecule has 1 N–H and O–H groups in total. The summed E-state index contributed by atoms with van der Waals surface area (Å²) in [5.41, 5.74) is -1.02. The highest BCUT2D eigenvalue weighted by atomic mass is 16.4. The van der Waals surface area contributed by atoms with Crippen LogP contribution in [-0.2, 0) is 4.79 Å². The van der Waals surface area contributed by atoms with Crippen LogP contribution in [0.15, 0.2) is 0 Å². The van der Waals surface area contributed by atoms with Crippen LogP contribution in [0.4, 0.5) is 0 Å². The van der Waals surface area contributed by atoms with E-state index >= 15 is 0 Å². The third-order valence-corrected chi connectivity index (χ3v) is 2.59. The summed E-state index contributed by atoms with van der Waals surface area (Å²) in [6.45, 7) is 2.07. The quantitative estimate of drug-likeness (QED) is 0.694. The van der Waals surface area contributed by atoms with Crippen molar-refractivity contribution in [1.29, 1.82) is 5.26 Å². The lowest BCUT2D eigenvalue weighted by molar-refractivity contribution is -0.141. The Morgan fingerprint density at radius 1 is 1.83 bits per heavy atom. The molecule has 3 nitrogen and oxygen atoms in total. The standard InChI is InChI=1S/C9H13NO2/c1-2-3-4-7-5-9(7,6-10)8(11)12/h7H,2-5H2,1H3,(H,11,12).